The van der Waals surface area contributed by atoms with Gasteiger partial charge < -0.3 is 10.1 Å². The molecule has 0 bridgehead atoms. The van der Waals surface area contributed by atoms with Crippen LogP contribution < -0.4 is 0 Å². The summed E-state index contributed by atoms with van der Waals surface area (Å²) in [5, 5.41) is 9.59. The fraction of sp³-hybridized carbons (Fsp3) is 0.0952. The molecule has 0 radical (unpaired) electrons. The number of rotatable bonds is 4. The number of aromatic hydroxyl groups is 1. The van der Waals surface area contributed by atoms with Crippen molar-refractivity contribution in [1.29, 1.82) is 0 Å². The van der Waals surface area contributed by atoms with E-state index in [0.717, 1.165) is 40.8 Å². The molecule has 24 heavy (non-hydrogen) atoms. The summed E-state index contributed by atoms with van der Waals surface area (Å²) in [5.74, 6) is 1.31. The number of nitrogens with one attached hydrogen (secondary N) is 1. The number of fused-ring (bicyclic) bond motifs is 1. The molecule has 3 heteroatoms. The number of hydrogen-bond donors (Lipinski definition) is 2. The molecule has 0 unspecified atom stereocenters. The van der Waals surface area contributed by atoms with Gasteiger partial charge in [0.05, 0.1) is 11.0 Å². The zero-order valence-electron chi connectivity index (χ0n) is 13.2. The van der Waals surface area contributed by atoms with Crippen molar-refractivity contribution in [3.05, 3.63) is 84.2 Å². The van der Waals surface area contributed by atoms with Crippen molar-refractivity contribution in [2.24, 2.45) is 0 Å². The molecule has 1 heterocycles. The zero-order chi connectivity index (χ0) is 16.4. The second-order valence-corrected chi connectivity index (χ2v) is 5.95. The van der Waals surface area contributed by atoms with Gasteiger partial charge in [0.2, 0.25) is 0 Å². The summed E-state index contributed by atoms with van der Waals surface area (Å²) in [4.78, 5) is 7.99. The SMILES string of the molecule is Oc1cccc(-c2ccc(CCc3nc4ccccc4[nH]3)cc2)c1. The molecule has 0 aliphatic heterocycles. The molecule has 0 atom stereocenters. The maximum atomic E-state index is 9.59. The van der Waals surface area contributed by atoms with Crippen LogP contribution in [0, 0.1) is 0 Å². The third kappa shape index (κ3) is 3.01. The Morgan fingerprint density at radius 3 is 2.42 bits per heavy atom. The van der Waals surface area contributed by atoms with Crippen molar-refractivity contribution in [3.8, 4) is 16.9 Å². The van der Waals surface area contributed by atoms with Crippen molar-refractivity contribution in [2.45, 2.75) is 12.8 Å². The molecule has 3 aromatic carbocycles. The molecule has 0 aliphatic rings. The maximum Gasteiger partial charge on any atom is 0.116 e. The van der Waals surface area contributed by atoms with E-state index in [1.165, 1.54) is 5.56 Å². The molecule has 0 aliphatic carbocycles. The first-order valence-electron chi connectivity index (χ1n) is 8.10. The first kappa shape index (κ1) is 14.5. The molecular weight excluding hydrogens is 296 g/mol. The molecule has 2 N–H and O–H groups in total. The average Bonchev–Trinajstić information content (AvgIpc) is 3.03. The average molecular weight is 314 g/mol. The lowest BCUT2D eigenvalue weighted by atomic mass is 10.0. The quantitative estimate of drug-likeness (QED) is 0.572. The summed E-state index contributed by atoms with van der Waals surface area (Å²) in [7, 11) is 0. The van der Waals surface area contributed by atoms with E-state index < -0.39 is 0 Å². The highest BCUT2D eigenvalue weighted by molar-refractivity contribution is 5.74. The number of phenols is 1. The molecule has 1 aromatic heterocycles. The minimum atomic E-state index is 0.293. The van der Waals surface area contributed by atoms with Crippen LogP contribution in [-0.2, 0) is 12.8 Å². The standard InChI is InChI=1S/C21H18N2O/c24-18-5-3-4-17(14-18)16-11-8-15(9-12-16)10-13-21-22-19-6-1-2-7-20(19)23-21/h1-9,11-12,14,24H,10,13H2,(H,22,23). The van der Waals surface area contributed by atoms with Gasteiger partial charge in [0.25, 0.3) is 0 Å². The van der Waals surface area contributed by atoms with Gasteiger partial charge in [0.15, 0.2) is 0 Å². The van der Waals surface area contributed by atoms with E-state index in [1.54, 1.807) is 12.1 Å². The Balaban J connectivity index is 1.47. The van der Waals surface area contributed by atoms with E-state index in [-0.39, 0.29) is 0 Å². The highest BCUT2D eigenvalue weighted by Gasteiger charge is 2.03. The molecule has 0 fully saturated rings. The van der Waals surface area contributed by atoms with Crippen molar-refractivity contribution < 1.29 is 5.11 Å². The fourth-order valence-electron chi connectivity index (χ4n) is 2.94. The van der Waals surface area contributed by atoms with Crippen molar-refractivity contribution in [3.63, 3.8) is 0 Å². The minimum Gasteiger partial charge on any atom is -0.508 e. The lowest BCUT2D eigenvalue weighted by Gasteiger charge is -2.05. The minimum absolute atomic E-state index is 0.293. The van der Waals surface area contributed by atoms with E-state index in [1.807, 2.05) is 30.3 Å². The van der Waals surface area contributed by atoms with Gasteiger partial charge in [-0.3, -0.25) is 0 Å². The van der Waals surface area contributed by atoms with Crippen molar-refractivity contribution in [1.82, 2.24) is 9.97 Å². The smallest absolute Gasteiger partial charge is 0.116 e. The van der Waals surface area contributed by atoms with Gasteiger partial charge in [-0.15, -0.1) is 0 Å². The molecule has 4 rings (SSSR count). The molecule has 3 nitrogen and oxygen atoms in total. The first-order chi connectivity index (χ1) is 11.8. The monoisotopic (exact) mass is 314 g/mol. The number of aromatic nitrogens is 2. The Labute approximate surface area is 140 Å². The molecule has 0 spiro atoms. The first-order valence-corrected chi connectivity index (χ1v) is 8.10. The number of aromatic amines is 1. The predicted molar refractivity (Wildman–Crippen MR) is 97.0 cm³/mol. The Morgan fingerprint density at radius 1 is 0.792 bits per heavy atom. The van der Waals surface area contributed by atoms with Gasteiger partial charge in [-0.25, -0.2) is 4.98 Å². The Hall–Kier alpha value is -3.07. The number of aryl methyl sites for hydroxylation is 2. The number of H-pyrrole nitrogens is 1. The number of benzene rings is 3. The Morgan fingerprint density at radius 2 is 1.62 bits per heavy atom. The summed E-state index contributed by atoms with van der Waals surface area (Å²) in [6, 6.07) is 23.9. The third-order valence-corrected chi connectivity index (χ3v) is 4.22. The normalized spacial score (nSPS) is 11.0. The molecule has 4 aromatic rings. The summed E-state index contributed by atoms with van der Waals surface area (Å²) in [5.41, 5.74) is 5.52. The van der Waals surface area contributed by atoms with Gasteiger partial charge in [-0.1, -0.05) is 48.5 Å². The van der Waals surface area contributed by atoms with E-state index in [0.29, 0.717) is 5.75 Å². The highest BCUT2D eigenvalue weighted by Crippen LogP contribution is 2.23. The highest BCUT2D eigenvalue weighted by atomic mass is 16.3. The van der Waals surface area contributed by atoms with Crippen LogP contribution in [0.15, 0.2) is 72.8 Å². The molecule has 0 amide bonds. The van der Waals surface area contributed by atoms with Gasteiger partial charge in [0, 0.05) is 6.42 Å². The van der Waals surface area contributed by atoms with Crippen LogP contribution in [-0.4, -0.2) is 15.1 Å². The second kappa shape index (κ2) is 6.20. The maximum absolute atomic E-state index is 9.59. The van der Waals surface area contributed by atoms with Crippen LogP contribution in [0.2, 0.25) is 0 Å². The summed E-state index contributed by atoms with van der Waals surface area (Å²) < 4.78 is 0. The van der Waals surface area contributed by atoms with Crippen LogP contribution in [0.4, 0.5) is 0 Å². The lowest BCUT2D eigenvalue weighted by molar-refractivity contribution is 0.475. The van der Waals surface area contributed by atoms with Gasteiger partial charge in [0.1, 0.15) is 11.6 Å². The van der Waals surface area contributed by atoms with Gasteiger partial charge in [-0.2, -0.15) is 0 Å². The van der Waals surface area contributed by atoms with E-state index >= 15 is 0 Å². The van der Waals surface area contributed by atoms with Crippen molar-refractivity contribution >= 4 is 11.0 Å². The summed E-state index contributed by atoms with van der Waals surface area (Å²) >= 11 is 0. The number of para-hydroxylation sites is 2. The molecule has 118 valence electrons. The third-order valence-electron chi connectivity index (χ3n) is 4.22. The fourth-order valence-corrected chi connectivity index (χ4v) is 2.94. The van der Waals surface area contributed by atoms with Gasteiger partial charge >= 0.3 is 0 Å². The number of imidazole rings is 1. The summed E-state index contributed by atoms with van der Waals surface area (Å²) in [6.07, 6.45) is 1.83. The summed E-state index contributed by atoms with van der Waals surface area (Å²) in [6.45, 7) is 0. The van der Waals surface area contributed by atoms with Gasteiger partial charge in [-0.05, 0) is 47.4 Å². The predicted octanol–water partition coefficient (Wildman–Crippen LogP) is 4.72. The van der Waals surface area contributed by atoms with Crippen molar-refractivity contribution in [2.75, 3.05) is 0 Å². The lowest BCUT2D eigenvalue weighted by Crippen LogP contribution is -1.93. The van der Waals surface area contributed by atoms with E-state index in [4.69, 9.17) is 0 Å². The van der Waals surface area contributed by atoms with E-state index in [9.17, 15) is 5.11 Å². The van der Waals surface area contributed by atoms with Crippen LogP contribution in [0.5, 0.6) is 5.75 Å². The Bertz CT molecular complexity index is 937. The number of nitrogens with zero attached hydrogens (tertiary/aromatic N) is 1. The van der Waals surface area contributed by atoms with Crippen LogP contribution >= 0.6 is 0 Å². The topological polar surface area (TPSA) is 48.9 Å². The molecular formula is C21H18N2O. The largest absolute Gasteiger partial charge is 0.508 e. The van der Waals surface area contributed by atoms with Crippen LogP contribution in [0.3, 0.4) is 0 Å². The molecule has 0 saturated heterocycles. The Kier molecular flexibility index (Phi) is 3.75. The zero-order valence-corrected chi connectivity index (χ0v) is 13.2. The second-order valence-electron chi connectivity index (χ2n) is 5.95. The van der Waals surface area contributed by atoms with Crippen LogP contribution in [0.1, 0.15) is 11.4 Å². The number of phenolic OH excluding ortho intramolecular Hbond substituents is 1. The van der Waals surface area contributed by atoms with E-state index in [2.05, 4.69) is 40.3 Å². The number of hydrogen-bond acceptors (Lipinski definition) is 2. The molecule has 0 saturated carbocycles. The van der Waals surface area contributed by atoms with Crippen LogP contribution in [0.25, 0.3) is 22.2 Å².